The summed E-state index contributed by atoms with van der Waals surface area (Å²) >= 11 is 5.95. The molecule has 0 radical (unpaired) electrons. The summed E-state index contributed by atoms with van der Waals surface area (Å²) in [5, 5.41) is 9.68. The van der Waals surface area contributed by atoms with Crippen molar-refractivity contribution in [2.45, 2.75) is 6.42 Å². The quantitative estimate of drug-likeness (QED) is 0.883. The predicted octanol–water partition coefficient (Wildman–Crippen LogP) is 3.39. The second-order valence-corrected chi connectivity index (χ2v) is 5.11. The third-order valence-electron chi connectivity index (χ3n) is 3.31. The van der Waals surface area contributed by atoms with E-state index in [-0.39, 0.29) is 5.56 Å². The van der Waals surface area contributed by atoms with Crippen LogP contribution < -0.4 is 4.74 Å². The number of carboxylic acids is 1. The van der Waals surface area contributed by atoms with Gasteiger partial charge in [0.05, 0.1) is 16.3 Å². The minimum absolute atomic E-state index is 0.236. The number of hydrogen-bond acceptors (Lipinski definition) is 3. The van der Waals surface area contributed by atoms with Crippen LogP contribution in [0.15, 0.2) is 36.2 Å². The fraction of sp³-hybridized carbons (Fsp3) is 0.0588. The molecule has 22 heavy (non-hydrogen) atoms. The Morgan fingerprint density at radius 3 is 2.95 bits per heavy atom. The zero-order valence-electron chi connectivity index (χ0n) is 11.3. The number of fused-ring (bicyclic) bond motifs is 1. The molecular weight excluding hydrogens is 302 g/mol. The minimum Gasteiger partial charge on any atom is -0.478 e. The summed E-state index contributed by atoms with van der Waals surface area (Å²) in [5.41, 5.74) is 2.04. The lowest BCUT2D eigenvalue weighted by Gasteiger charge is -2.08. The lowest BCUT2D eigenvalue weighted by atomic mass is 10.1. The van der Waals surface area contributed by atoms with Crippen LogP contribution in [0.1, 0.15) is 27.2 Å². The number of carbonyl (C=O) groups is 1. The molecule has 108 valence electrons. The fourth-order valence-electron chi connectivity index (χ4n) is 2.29. The highest BCUT2D eigenvalue weighted by molar-refractivity contribution is 6.31. The third kappa shape index (κ3) is 2.54. The first-order valence-electron chi connectivity index (χ1n) is 6.44. The molecule has 0 fully saturated rings. The fourth-order valence-corrected chi connectivity index (χ4v) is 2.46. The van der Waals surface area contributed by atoms with Crippen molar-refractivity contribution in [2.24, 2.45) is 0 Å². The largest absolute Gasteiger partial charge is 0.478 e. The third-order valence-corrected chi connectivity index (χ3v) is 3.64. The highest BCUT2D eigenvalue weighted by Crippen LogP contribution is 2.29. The Morgan fingerprint density at radius 1 is 1.41 bits per heavy atom. The van der Waals surface area contributed by atoms with Crippen LogP contribution in [-0.2, 0) is 6.42 Å². The number of aromatic nitrogens is 1. The van der Waals surface area contributed by atoms with E-state index in [1.165, 1.54) is 12.3 Å². The molecule has 0 bridgehead atoms. The maximum absolute atomic E-state index is 11.2. The minimum atomic E-state index is -0.977. The van der Waals surface area contributed by atoms with Gasteiger partial charge in [-0.05, 0) is 29.8 Å². The van der Waals surface area contributed by atoms with E-state index in [0.29, 0.717) is 39.8 Å². The average Bonchev–Trinajstić information content (AvgIpc) is 2.91. The number of carboxylic acid groups (broad SMARTS) is 1. The summed E-state index contributed by atoms with van der Waals surface area (Å²) in [4.78, 5) is 15.4. The van der Waals surface area contributed by atoms with Crippen LogP contribution in [0.4, 0.5) is 0 Å². The first-order valence-corrected chi connectivity index (χ1v) is 6.82. The monoisotopic (exact) mass is 311 g/mol. The molecule has 3 rings (SSSR count). The highest BCUT2D eigenvalue weighted by Gasteiger charge is 2.22. The molecule has 1 N–H and O–H groups in total. The molecule has 1 aromatic carbocycles. The number of ether oxygens (including phenoxy) is 1. The Morgan fingerprint density at radius 2 is 2.23 bits per heavy atom. The van der Waals surface area contributed by atoms with E-state index >= 15 is 0 Å². The molecule has 0 atom stereocenters. The molecule has 1 heterocycles. The van der Waals surface area contributed by atoms with E-state index < -0.39 is 5.97 Å². The van der Waals surface area contributed by atoms with Gasteiger partial charge in [-0.1, -0.05) is 17.5 Å². The van der Waals surface area contributed by atoms with Gasteiger partial charge in [-0.15, -0.1) is 6.42 Å². The van der Waals surface area contributed by atoms with E-state index in [9.17, 15) is 9.90 Å². The molecule has 0 spiro atoms. The number of hydrogen-bond donors (Lipinski definition) is 1. The summed E-state index contributed by atoms with van der Waals surface area (Å²) in [6, 6.07) is 6.52. The van der Waals surface area contributed by atoms with Crippen LogP contribution in [0.5, 0.6) is 5.75 Å². The van der Waals surface area contributed by atoms with E-state index in [2.05, 4.69) is 10.9 Å². The second kappa shape index (κ2) is 5.55. The number of halogens is 1. The maximum atomic E-state index is 11.2. The number of terminal acetylenes is 1. The summed E-state index contributed by atoms with van der Waals surface area (Å²) in [7, 11) is 0. The van der Waals surface area contributed by atoms with E-state index in [4.69, 9.17) is 22.8 Å². The number of benzene rings is 1. The predicted molar refractivity (Wildman–Crippen MR) is 82.9 cm³/mol. The Balaban J connectivity index is 1.86. The molecule has 0 saturated heterocycles. The summed E-state index contributed by atoms with van der Waals surface area (Å²) in [6.45, 7) is 0. The van der Waals surface area contributed by atoms with Gasteiger partial charge in [0, 0.05) is 24.3 Å². The van der Waals surface area contributed by atoms with Crippen molar-refractivity contribution in [3.05, 3.63) is 63.6 Å². The van der Waals surface area contributed by atoms with Gasteiger partial charge in [0.15, 0.2) is 0 Å². The lowest BCUT2D eigenvalue weighted by Crippen LogP contribution is -2.04. The van der Waals surface area contributed by atoms with E-state index in [1.807, 2.05) is 0 Å². The first-order chi connectivity index (χ1) is 10.6. The Hall–Kier alpha value is -2.77. The standard InChI is InChI=1S/C17H10ClNO3/c1-2-10-7-11(3-4-15(10)18)22-12-8-14-13(17(20)21)5-6-19-16(14)9-12/h1,3-7,9H,8H2,(H,20,21). The zero-order chi connectivity index (χ0) is 15.7. The number of allylic oxidation sites excluding steroid dienone is 1. The second-order valence-electron chi connectivity index (χ2n) is 4.70. The van der Waals surface area contributed by atoms with Gasteiger partial charge in [-0.25, -0.2) is 4.79 Å². The molecule has 1 aliphatic rings. The Bertz CT molecular complexity index is 849. The van der Waals surface area contributed by atoms with Crippen LogP contribution in [0.3, 0.4) is 0 Å². The number of nitrogens with zero attached hydrogens (tertiary/aromatic N) is 1. The van der Waals surface area contributed by atoms with Crippen molar-refractivity contribution < 1.29 is 14.6 Å². The molecule has 1 aromatic heterocycles. The van der Waals surface area contributed by atoms with Crippen LogP contribution in [0.2, 0.25) is 5.02 Å². The van der Waals surface area contributed by atoms with Crippen molar-refractivity contribution in [1.82, 2.24) is 4.98 Å². The molecule has 0 unspecified atom stereocenters. The Kier molecular flexibility index (Phi) is 3.58. The van der Waals surface area contributed by atoms with Crippen LogP contribution in [-0.4, -0.2) is 16.1 Å². The van der Waals surface area contributed by atoms with Crippen molar-refractivity contribution in [1.29, 1.82) is 0 Å². The summed E-state index contributed by atoms with van der Waals surface area (Å²) in [6.07, 6.45) is 8.94. The molecule has 0 saturated carbocycles. The molecule has 0 aliphatic heterocycles. The van der Waals surface area contributed by atoms with Gasteiger partial charge in [0.1, 0.15) is 11.5 Å². The molecule has 4 nitrogen and oxygen atoms in total. The van der Waals surface area contributed by atoms with Gasteiger partial charge in [-0.3, -0.25) is 4.98 Å². The van der Waals surface area contributed by atoms with Crippen LogP contribution >= 0.6 is 11.6 Å². The smallest absolute Gasteiger partial charge is 0.336 e. The zero-order valence-corrected chi connectivity index (χ0v) is 12.1. The summed E-state index contributed by atoms with van der Waals surface area (Å²) < 4.78 is 5.76. The van der Waals surface area contributed by atoms with Gasteiger partial charge in [-0.2, -0.15) is 0 Å². The SMILES string of the molecule is C#Cc1cc(OC2=Cc3nccc(C(=O)O)c3C2)ccc1Cl. The number of pyridine rings is 1. The topological polar surface area (TPSA) is 59.4 Å². The number of rotatable bonds is 3. The Labute approximate surface area is 132 Å². The molecule has 1 aliphatic carbocycles. The normalized spacial score (nSPS) is 12.3. The van der Waals surface area contributed by atoms with Crippen molar-refractivity contribution in [3.63, 3.8) is 0 Å². The van der Waals surface area contributed by atoms with Gasteiger partial charge < -0.3 is 9.84 Å². The van der Waals surface area contributed by atoms with Gasteiger partial charge >= 0.3 is 5.97 Å². The molecule has 5 heteroatoms. The van der Waals surface area contributed by atoms with E-state index in [1.54, 1.807) is 24.3 Å². The van der Waals surface area contributed by atoms with Crippen LogP contribution in [0, 0.1) is 12.3 Å². The van der Waals surface area contributed by atoms with Crippen molar-refractivity contribution in [2.75, 3.05) is 0 Å². The maximum Gasteiger partial charge on any atom is 0.336 e. The van der Waals surface area contributed by atoms with Crippen molar-refractivity contribution >= 4 is 23.6 Å². The van der Waals surface area contributed by atoms with E-state index in [0.717, 1.165) is 0 Å². The van der Waals surface area contributed by atoms with Crippen LogP contribution in [0.25, 0.3) is 6.08 Å². The van der Waals surface area contributed by atoms with Crippen molar-refractivity contribution in [3.8, 4) is 18.1 Å². The molecule has 2 aromatic rings. The summed E-state index contributed by atoms with van der Waals surface area (Å²) in [5.74, 6) is 2.66. The highest BCUT2D eigenvalue weighted by atomic mass is 35.5. The lowest BCUT2D eigenvalue weighted by molar-refractivity contribution is 0.0695. The van der Waals surface area contributed by atoms with Gasteiger partial charge in [0.25, 0.3) is 0 Å². The average molecular weight is 312 g/mol. The number of aromatic carboxylic acids is 1. The molecular formula is C17H10ClNO3. The molecule has 0 amide bonds. The van der Waals surface area contributed by atoms with Gasteiger partial charge in [0.2, 0.25) is 0 Å². The first kappa shape index (κ1) is 14.2.